The van der Waals surface area contributed by atoms with Crippen LogP contribution in [-0.4, -0.2) is 17.0 Å². The van der Waals surface area contributed by atoms with Crippen molar-refractivity contribution < 1.29 is 9.90 Å². The highest BCUT2D eigenvalue weighted by molar-refractivity contribution is 5.82. The van der Waals surface area contributed by atoms with Crippen LogP contribution in [0.15, 0.2) is 11.6 Å². The fraction of sp³-hybridized carbons (Fsp3) is 0.850. The monoisotopic (exact) mass is 302 g/mol. The van der Waals surface area contributed by atoms with Crippen molar-refractivity contribution in [1.82, 2.24) is 0 Å². The third-order valence-corrected chi connectivity index (χ3v) is 8.22. The van der Waals surface area contributed by atoms with Gasteiger partial charge in [0.2, 0.25) is 0 Å². The molecule has 7 atom stereocenters. The Morgan fingerprint density at radius 1 is 1.14 bits per heavy atom. The van der Waals surface area contributed by atoms with Gasteiger partial charge in [-0.1, -0.05) is 32.4 Å². The van der Waals surface area contributed by atoms with Crippen molar-refractivity contribution in [2.24, 2.45) is 34.5 Å². The molecule has 0 saturated heterocycles. The Morgan fingerprint density at radius 3 is 2.68 bits per heavy atom. The first-order valence-electron chi connectivity index (χ1n) is 9.27. The first-order valence-corrected chi connectivity index (χ1v) is 9.27. The van der Waals surface area contributed by atoms with E-state index in [9.17, 15) is 9.90 Å². The van der Waals surface area contributed by atoms with E-state index in [0.717, 1.165) is 25.2 Å². The molecule has 0 aliphatic heterocycles. The van der Waals surface area contributed by atoms with Gasteiger partial charge in [-0.15, -0.1) is 0 Å². The maximum absolute atomic E-state index is 11.9. The molecule has 0 spiro atoms. The summed E-state index contributed by atoms with van der Waals surface area (Å²) in [5.41, 5.74) is 1.83. The molecule has 2 heteroatoms. The average Bonchev–Trinajstić information content (AvgIpc) is 2.77. The van der Waals surface area contributed by atoms with Gasteiger partial charge in [0, 0.05) is 12.8 Å². The fourth-order valence-electron chi connectivity index (χ4n) is 6.81. The third kappa shape index (κ3) is 1.79. The molecule has 4 aliphatic carbocycles. The Bertz CT molecular complexity index is 536. The fourth-order valence-corrected chi connectivity index (χ4v) is 6.81. The zero-order chi connectivity index (χ0) is 15.7. The summed E-state index contributed by atoms with van der Waals surface area (Å²) >= 11 is 0. The van der Waals surface area contributed by atoms with E-state index in [1.54, 1.807) is 0 Å². The molecule has 3 saturated carbocycles. The number of hydrogen-bond donors (Lipinski definition) is 1. The third-order valence-electron chi connectivity index (χ3n) is 8.22. The predicted molar refractivity (Wildman–Crippen MR) is 87.3 cm³/mol. The standard InChI is InChI=1S/C20H30O2/c1-12-10-13-11-14(21)6-8-19(13,2)16-7-9-20(3)15(18(12)16)4-5-17(20)22/h10,12,15-18,22H,4-9,11H2,1-3H3/t12-,15?,16?,17+,18?,19+,20+/m1/s1. The maximum Gasteiger partial charge on any atom is 0.136 e. The maximum atomic E-state index is 11.9. The van der Waals surface area contributed by atoms with Crippen molar-refractivity contribution in [2.75, 3.05) is 0 Å². The molecule has 4 aliphatic rings. The molecular weight excluding hydrogens is 272 g/mol. The minimum absolute atomic E-state index is 0.100. The molecule has 0 amide bonds. The van der Waals surface area contributed by atoms with Crippen molar-refractivity contribution in [1.29, 1.82) is 0 Å². The van der Waals surface area contributed by atoms with E-state index in [1.807, 2.05) is 0 Å². The summed E-state index contributed by atoms with van der Waals surface area (Å²) in [4.78, 5) is 11.9. The highest BCUT2D eigenvalue weighted by Crippen LogP contribution is 2.65. The molecule has 0 aromatic heterocycles. The van der Waals surface area contributed by atoms with Crippen molar-refractivity contribution in [3.63, 3.8) is 0 Å². The summed E-state index contributed by atoms with van der Waals surface area (Å²) in [5, 5.41) is 10.5. The number of aliphatic hydroxyl groups excluding tert-OH is 1. The lowest BCUT2D eigenvalue weighted by molar-refractivity contribution is -0.123. The van der Waals surface area contributed by atoms with Gasteiger partial charge in [0.25, 0.3) is 0 Å². The summed E-state index contributed by atoms with van der Waals surface area (Å²) in [7, 11) is 0. The van der Waals surface area contributed by atoms with Crippen LogP contribution in [0.1, 0.15) is 65.7 Å². The smallest absolute Gasteiger partial charge is 0.136 e. The molecular formula is C20H30O2. The van der Waals surface area contributed by atoms with Crippen LogP contribution in [-0.2, 0) is 4.79 Å². The van der Waals surface area contributed by atoms with Crippen LogP contribution in [0.3, 0.4) is 0 Å². The number of hydrogen-bond acceptors (Lipinski definition) is 2. The lowest BCUT2D eigenvalue weighted by atomic mass is 9.46. The van der Waals surface area contributed by atoms with E-state index in [1.165, 1.54) is 24.8 Å². The van der Waals surface area contributed by atoms with Gasteiger partial charge in [0.1, 0.15) is 5.78 Å². The largest absolute Gasteiger partial charge is 0.393 e. The zero-order valence-electron chi connectivity index (χ0n) is 14.3. The minimum Gasteiger partial charge on any atom is -0.393 e. The van der Waals surface area contributed by atoms with E-state index in [0.29, 0.717) is 30.0 Å². The number of fused-ring (bicyclic) bond motifs is 5. The molecule has 3 unspecified atom stereocenters. The van der Waals surface area contributed by atoms with Crippen LogP contribution in [0, 0.1) is 34.5 Å². The van der Waals surface area contributed by atoms with E-state index in [2.05, 4.69) is 26.8 Å². The van der Waals surface area contributed by atoms with E-state index in [-0.39, 0.29) is 16.9 Å². The first kappa shape index (κ1) is 14.9. The zero-order valence-corrected chi connectivity index (χ0v) is 14.3. The number of rotatable bonds is 0. The Labute approximate surface area is 134 Å². The average molecular weight is 302 g/mol. The molecule has 0 heterocycles. The van der Waals surface area contributed by atoms with Crippen molar-refractivity contribution in [3.05, 3.63) is 11.6 Å². The summed E-state index contributed by atoms with van der Waals surface area (Å²) < 4.78 is 0. The number of carbonyl (C=O) groups is 1. The van der Waals surface area contributed by atoms with Crippen LogP contribution >= 0.6 is 0 Å². The van der Waals surface area contributed by atoms with Crippen LogP contribution in [0.2, 0.25) is 0 Å². The number of allylic oxidation sites excluding steroid dienone is 2. The summed E-state index contributed by atoms with van der Waals surface area (Å²) in [6.45, 7) is 7.13. The Kier molecular flexibility index (Phi) is 3.18. The number of aliphatic hydroxyl groups is 1. The van der Waals surface area contributed by atoms with Gasteiger partial charge in [-0.05, 0) is 66.6 Å². The molecule has 4 rings (SSSR count). The Balaban J connectivity index is 1.74. The number of Topliss-reactive ketones (excluding diaryl/α,β-unsaturated/α-hetero) is 1. The highest BCUT2D eigenvalue weighted by atomic mass is 16.3. The predicted octanol–water partition coefficient (Wildman–Crippen LogP) is 4.13. The normalized spacial score (nSPS) is 54.3. The van der Waals surface area contributed by atoms with Crippen LogP contribution in [0.4, 0.5) is 0 Å². The quantitative estimate of drug-likeness (QED) is 0.683. The highest BCUT2D eigenvalue weighted by Gasteiger charge is 2.59. The minimum atomic E-state index is -0.100. The van der Waals surface area contributed by atoms with Gasteiger partial charge in [-0.2, -0.15) is 0 Å². The van der Waals surface area contributed by atoms with Gasteiger partial charge in [-0.3, -0.25) is 4.79 Å². The number of carbonyl (C=O) groups excluding carboxylic acids is 1. The summed E-state index contributed by atoms with van der Waals surface area (Å²) in [6, 6.07) is 0. The van der Waals surface area contributed by atoms with E-state index < -0.39 is 0 Å². The van der Waals surface area contributed by atoms with Crippen LogP contribution in [0.5, 0.6) is 0 Å². The van der Waals surface area contributed by atoms with Gasteiger partial charge in [-0.25, -0.2) is 0 Å². The molecule has 3 fully saturated rings. The summed E-state index contributed by atoms with van der Waals surface area (Å²) in [5.74, 6) is 3.10. The SMILES string of the molecule is C[C@@H]1C=C2CC(=O)CC[C@]2(C)C2CC[C@@]3(C)C(CC[C@@H]3O)C21. The van der Waals surface area contributed by atoms with Crippen LogP contribution < -0.4 is 0 Å². The second-order valence-corrected chi connectivity index (χ2v) is 9.11. The second kappa shape index (κ2) is 4.69. The molecule has 0 aromatic rings. The Morgan fingerprint density at radius 2 is 1.91 bits per heavy atom. The van der Waals surface area contributed by atoms with Gasteiger partial charge in [0.05, 0.1) is 6.10 Å². The molecule has 0 radical (unpaired) electrons. The van der Waals surface area contributed by atoms with Crippen LogP contribution in [0.25, 0.3) is 0 Å². The van der Waals surface area contributed by atoms with Gasteiger partial charge in [0.15, 0.2) is 0 Å². The first-order chi connectivity index (χ1) is 10.4. The van der Waals surface area contributed by atoms with Crippen molar-refractivity contribution in [2.45, 2.75) is 71.8 Å². The molecule has 2 nitrogen and oxygen atoms in total. The molecule has 0 bridgehead atoms. The van der Waals surface area contributed by atoms with Crippen molar-refractivity contribution >= 4 is 5.78 Å². The molecule has 22 heavy (non-hydrogen) atoms. The topological polar surface area (TPSA) is 37.3 Å². The Hall–Kier alpha value is -0.630. The van der Waals surface area contributed by atoms with Gasteiger partial charge >= 0.3 is 0 Å². The van der Waals surface area contributed by atoms with Gasteiger partial charge < -0.3 is 5.11 Å². The number of ketones is 1. The molecule has 122 valence electrons. The summed E-state index contributed by atoms with van der Waals surface area (Å²) in [6.07, 6.45) is 9.47. The lowest BCUT2D eigenvalue weighted by Gasteiger charge is -2.58. The lowest BCUT2D eigenvalue weighted by Crippen LogP contribution is -2.53. The van der Waals surface area contributed by atoms with Crippen molar-refractivity contribution in [3.8, 4) is 0 Å². The molecule has 1 N–H and O–H groups in total. The van der Waals surface area contributed by atoms with E-state index in [4.69, 9.17) is 0 Å². The van der Waals surface area contributed by atoms with E-state index >= 15 is 0 Å². The second-order valence-electron chi connectivity index (χ2n) is 9.11. The molecule has 0 aromatic carbocycles.